The second-order valence-corrected chi connectivity index (χ2v) is 11.2. The maximum atomic E-state index is 12.1. The molecule has 1 amide bonds. The van der Waals surface area contributed by atoms with Gasteiger partial charge in [0, 0.05) is 6.42 Å². The van der Waals surface area contributed by atoms with Gasteiger partial charge in [0.15, 0.2) is 0 Å². The Morgan fingerprint density at radius 1 is 0.556 bits per heavy atom. The summed E-state index contributed by atoms with van der Waals surface area (Å²) >= 11 is 0. The van der Waals surface area contributed by atoms with E-state index in [1.807, 2.05) is 0 Å². The number of hydrogen-bond acceptors (Lipinski definition) is 3. The van der Waals surface area contributed by atoms with Gasteiger partial charge in [-0.1, -0.05) is 162 Å². The molecule has 36 heavy (non-hydrogen) atoms. The average molecular weight is 512 g/mol. The second kappa shape index (κ2) is 29.0. The van der Waals surface area contributed by atoms with Crippen molar-refractivity contribution in [1.29, 1.82) is 0 Å². The molecule has 0 spiro atoms. The second-order valence-electron chi connectivity index (χ2n) is 11.2. The van der Waals surface area contributed by atoms with Crippen molar-refractivity contribution >= 4 is 5.91 Å². The Balaban J connectivity index is 3.43. The fraction of sp³-hybridized carbons (Fsp3) is 0.969. The minimum absolute atomic E-state index is 0.0437. The van der Waals surface area contributed by atoms with Crippen molar-refractivity contribution in [2.75, 3.05) is 6.61 Å². The van der Waals surface area contributed by atoms with Crippen LogP contribution in [-0.4, -0.2) is 34.9 Å². The van der Waals surface area contributed by atoms with Gasteiger partial charge >= 0.3 is 0 Å². The highest BCUT2D eigenvalue weighted by atomic mass is 16.3. The van der Waals surface area contributed by atoms with Crippen LogP contribution in [0.5, 0.6) is 0 Å². The lowest BCUT2D eigenvalue weighted by Crippen LogP contribution is -2.45. The van der Waals surface area contributed by atoms with Gasteiger partial charge in [-0.25, -0.2) is 0 Å². The molecule has 216 valence electrons. The molecule has 0 heterocycles. The predicted molar refractivity (Wildman–Crippen MR) is 156 cm³/mol. The highest BCUT2D eigenvalue weighted by Gasteiger charge is 2.19. The smallest absolute Gasteiger partial charge is 0.220 e. The standard InChI is InChI=1S/C32H65NO3/c1-3-5-7-9-10-11-12-13-14-15-16-17-18-19-20-21-22-24-25-27-31(35)30(29-34)33-32(36)28-26-23-8-6-4-2/h30-31,34-35H,3-29H2,1-2H3,(H,33,36). The van der Waals surface area contributed by atoms with E-state index in [4.69, 9.17) is 0 Å². The zero-order chi connectivity index (χ0) is 26.5. The van der Waals surface area contributed by atoms with E-state index >= 15 is 0 Å². The molecule has 3 N–H and O–H groups in total. The van der Waals surface area contributed by atoms with Crippen LogP contribution in [0.4, 0.5) is 0 Å². The van der Waals surface area contributed by atoms with Crippen molar-refractivity contribution in [2.45, 2.75) is 193 Å². The fourth-order valence-electron chi connectivity index (χ4n) is 5.06. The molecule has 0 rings (SSSR count). The third kappa shape index (κ3) is 25.1. The third-order valence-corrected chi connectivity index (χ3v) is 7.62. The summed E-state index contributed by atoms with van der Waals surface area (Å²) in [6.07, 6.45) is 31.8. The van der Waals surface area contributed by atoms with Gasteiger partial charge in [-0.15, -0.1) is 0 Å². The van der Waals surface area contributed by atoms with Crippen LogP contribution < -0.4 is 5.32 Å². The quantitative estimate of drug-likeness (QED) is 0.0877. The molecule has 0 aliphatic rings. The predicted octanol–water partition coefficient (Wildman–Crippen LogP) is 9.01. The van der Waals surface area contributed by atoms with Crippen molar-refractivity contribution in [2.24, 2.45) is 0 Å². The summed E-state index contributed by atoms with van der Waals surface area (Å²) in [7, 11) is 0. The van der Waals surface area contributed by atoms with Crippen LogP contribution in [0.1, 0.15) is 181 Å². The van der Waals surface area contributed by atoms with Crippen molar-refractivity contribution in [1.82, 2.24) is 5.32 Å². The maximum absolute atomic E-state index is 12.1. The molecular weight excluding hydrogens is 446 g/mol. The Hall–Kier alpha value is -0.610. The first-order chi connectivity index (χ1) is 17.7. The number of carbonyl (C=O) groups excluding carboxylic acids is 1. The molecule has 0 saturated heterocycles. The van der Waals surface area contributed by atoms with Crippen molar-refractivity contribution in [3.63, 3.8) is 0 Å². The molecule has 2 unspecified atom stereocenters. The molecule has 0 saturated carbocycles. The number of unbranched alkanes of at least 4 members (excludes halogenated alkanes) is 22. The molecule has 0 bridgehead atoms. The number of nitrogens with one attached hydrogen (secondary N) is 1. The van der Waals surface area contributed by atoms with Gasteiger partial charge in [0.2, 0.25) is 5.91 Å². The normalized spacial score (nSPS) is 13.1. The minimum atomic E-state index is -0.648. The zero-order valence-corrected chi connectivity index (χ0v) is 24.5. The summed E-state index contributed by atoms with van der Waals surface area (Å²) in [6, 6.07) is -0.524. The summed E-state index contributed by atoms with van der Waals surface area (Å²) in [5, 5.41) is 22.8. The molecule has 0 aromatic carbocycles. The third-order valence-electron chi connectivity index (χ3n) is 7.62. The van der Waals surface area contributed by atoms with Crippen LogP contribution in [0.2, 0.25) is 0 Å². The number of hydrogen-bond donors (Lipinski definition) is 3. The largest absolute Gasteiger partial charge is 0.394 e. The first-order valence-corrected chi connectivity index (χ1v) is 16.2. The first-order valence-electron chi connectivity index (χ1n) is 16.2. The van der Waals surface area contributed by atoms with Crippen LogP contribution in [-0.2, 0) is 4.79 Å². The molecule has 0 aliphatic carbocycles. The van der Waals surface area contributed by atoms with Gasteiger partial charge in [-0.05, 0) is 12.8 Å². The molecule has 0 radical (unpaired) electrons. The van der Waals surface area contributed by atoms with E-state index in [1.165, 1.54) is 128 Å². The summed E-state index contributed by atoms with van der Waals surface area (Å²) in [4.78, 5) is 12.1. The highest BCUT2D eigenvalue weighted by Crippen LogP contribution is 2.15. The Labute approximate surface area is 225 Å². The minimum Gasteiger partial charge on any atom is -0.394 e. The van der Waals surface area contributed by atoms with E-state index in [0.29, 0.717) is 12.8 Å². The van der Waals surface area contributed by atoms with Gasteiger partial charge in [-0.3, -0.25) is 4.79 Å². The molecule has 0 aromatic rings. The fourth-order valence-corrected chi connectivity index (χ4v) is 5.06. The van der Waals surface area contributed by atoms with Gasteiger partial charge < -0.3 is 15.5 Å². The van der Waals surface area contributed by atoms with Crippen LogP contribution in [0.15, 0.2) is 0 Å². The summed E-state index contributed by atoms with van der Waals surface area (Å²) in [5.41, 5.74) is 0. The Kier molecular flexibility index (Phi) is 28.5. The van der Waals surface area contributed by atoms with Crippen molar-refractivity contribution in [3.05, 3.63) is 0 Å². The first kappa shape index (κ1) is 35.4. The highest BCUT2D eigenvalue weighted by molar-refractivity contribution is 5.76. The monoisotopic (exact) mass is 511 g/mol. The molecule has 2 atom stereocenters. The van der Waals surface area contributed by atoms with Gasteiger partial charge in [-0.2, -0.15) is 0 Å². The van der Waals surface area contributed by atoms with E-state index < -0.39 is 12.1 Å². The molecular formula is C32H65NO3. The van der Waals surface area contributed by atoms with Crippen molar-refractivity contribution in [3.8, 4) is 0 Å². The van der Waals surface area contributed by atoms with Crippen LogP contribution >= 0.6 is 0 Å². The van der Waals surface area contributed by atoms with E-state index in [2.05, 4.69) is 19.2 Å². The van der Waals surface area contributed by atoms with E-state index in [-0.39, 0.29) is 12.5 Å². The van der Waals surface area contributed by atoms with E-state index in [0.717, 1.165) is 25.7 Å². The van der Waals surface area contributed by atoms with Crippen LogP contribution in [0.3, 0.4) is 0 Å². The van der Waals surface area contributed by atoms with Gasteiger partial charge in [0.1, 0.15) is 0 Å². The number of carbonyl (C=O) groups is 1. The zero-order valence-electron chi connectivity index (χ0n) is 24.5. The van der Waals surface area contributed by atoms with Crippen molar-refractivity contribution < 1.29 is 15.0 Å². The lowest BCUT2D eigenvalue weighted by molar-refractivity contribution is -0.123. The topological polar surface area (TPSA) is 69.6 Å². The average Bonchev–Trinajstić information content (AvgIpc) is 2.88. The van der Waals surface area contributed by atoms with Crippen LogP contribution in [0, 0.1) is 0 Å². The number of aliphatic hydroxyl groups excluding tert-OH is 2. The number of amides is 1. The maximum Gasteiger partial charge on any atom is 0.220 e. The summed E-state index contributed by atoms with van der Waals surface area (Å²) in [6.45, 7) is 4.27. The Morgan fingerprint density at radius 2 is 0.889 bits per heavy atom. The van der Waals surface area contributed by atoms with Gasteiger partial charge in [0.05, 0.1) is 18.8 Å². The van der Waals surface area contributed by atoms with Gasteiger partial charge in [0.25, 0.3) is 0 Å². The molecule has 0 fully saturated rings. The van der Waals surface area contributed by atoms with E-state index in [1.54, 1.807) is 0 Å². The lowest BCUT2D eigenvalue weighted by atomic mass is 10.0. The van der Waals surface area contributed by atoms with E-state index in [9.17, 15) is 15.0 Å². The Bertz CT molecular complexity index is 443. The molecule has 0 aromatic heterocycles. The molecule has 4 heteroatoms. The SMILES string of the molecule is CCCCCCCCCCCCCCCCCCCCCC(O)C(CO)NC(=O)CCCCCCC. The number of rotatable bonds is 29. The molecule has 0 aliphatic heterocycles. The molecule has 4 nitrogen and oxygen atoms in total. The number of aliphatic hydroxyl groups is 2. The summed E-state index contributed by atoms with van der Waals surface area (Å²) in [5.74, 6) is -0.0437. The summed E-state index contributed by atoms with van der Waals surface area (Å²) < 4.78 is 0. The van der Waals surface area contributed by atoms with Crippen LogP contribution in [0.25, 0.3) is 0 Å². The Morgan fingerprint density at radius 3 is 1.25 bits per heavy atom. The lowest BCUT2D eigenvalue weighted by Gasteiger charge is -2.22.